The van der Waals surface area contributed by atoms with E-state index in [-0.39, 0.29) is 0 Å². The van der Waals surface area contributed by atoms with E-state index in [2.05, 4.69) is 53.8 Å². The van der Waals surface area contributed by atoms with Gasteiger partial charge in [0.2, 0.25) is 0 Å². The zero-order chi connectivity index (χ0) is 16.4. The number of hydrogen-bond acceptors (Lipinski definition) is 4. The number of thiazole rings is 2. The smallest absolute Gasteiger partial charge is 0.0953 e. The van der Waals surface area contributed by atoms with Crippen molar-refractivity contribution in [1.82, 2.24) is 9.97 Å². The summed E-state index contributed by atoms with van der Waals surface area (Å²) in [5.41, 5.74) is 2.52. The molecule has 0 radical (unpaired) electrons. The lowest BCUT2D eigenvalue weighted by Gasteiger charge is -2.07. The Labute approximate surface area is 143 Å². The summed E-state index contributed by atoms with van der Waals surface area (Å²) in [5, 5.41) is 4.73. The van der Waals surface area contributed by atoms with Gasteiger partial charge in [-0.05, 0) is 11.8 Å². The van der Waals surface area contributed by atoms with Gasteiger partial charge in [-0.1, -0.05) is 48.5 Å². The molecule has 22 heavy (non-hydrogen) atoms. The molecule has 2 heterocycles. The molecule has 1 unspecified atom stereocenters. The first kappa shape index (κ1) is 17.6. The molecule has 2 nitrogen and oxygen atoms in total. The predicted molar refractivity (Wildman–Crippen MR) is 98.6 cm³/mol. The molecule has 0 aromatic carbocycles. The van der Waals surface area contributed by atoms with Crippen molar-refractivity contribution in [3.63, 3.8) is 0 Å². The van der Waals surface area contributed by atoms with Crippen LogP contribution in [-0.2, 0) is 6.42 Å². The Hall–Kier alpha value is -0.740. The van der Waals surface area contributed by atoms with Gasteiger partial charge in [-0.25, -0.2) is 9.97 Å². The molecule has 0 N–H and O–H groups in total. The van der Waals surface area contributed by atoms with Crippen molar-refractivity contribution < 1.29 is 0 Å². The third-order valence-corrected chi connectivity index (χ3v) is 6.37. The van der Waals surface area contributed by atoms with E-state index in [1.807, 2.05) is 11.3 Å². The monoisotopic (exact) mass is 336 g/mol. The molecule has 1 atom stereocenters. The highest BCUT2D eigenvalue weighted by atomic mass is 32.1. The zero-order valence-electron chi connectivity index (χ0n) is 14.8. The van der Waals surface area contributed by atoms with Crippen LogP contribution in [-0.4, -0.2) is 9.97 Å². The maximum atomic E-state index is 4.93. The van der Waals surface area contributed by atoms with Gasteiger partial charge in [-0.3, -0.25) is 0 Å². The predicted octanol–water partition coefficient (Wildman–Crippen LogP) is 6.32. The molecule has 0 bridgehead atoms. The summed E-state index contributed by atoms with van der Waals surface area (Å²) in [6.07, 6.45) is 0.998. The van der Waals surface area contributed by atoms with Crippen molar-refractivity contribution in [3.05, 3.63) is 31.7 Å². The van der Waals surface area contributed by atoms with Gasteiger partial charge >= 0.3 is 0 Å². The van der Waals surface area contributed by atoms with Crippen molar-refractivity contribution in [2.45, 2.75) is 78.6 Å². The van der Waals surface area contributed by atoms with Crippen LogP contribution < -0.4 is 0 Å². The Bertz CT molecular complexity index is 583. The third kappa shape index (κ3) is 3.96. The molecule has 0 spiro atoms. The first-order chi connectivity index (χ1) is 10.3. The van der Waals surface area contributed by atoms with Crippen LogP contribution in [0.5, 0.6) is 0 Å². The SMILES string of the molecule is CC(C)c1nc(C(C)Cc2nc(C(C)C)c(C(C)C)s2)cs1. The lowest BCUT2D eigenvalue weighted by Crippen LogP contribution is -2.00. The summed E-state index contributed by atoms with van der Waals surface area (Å²) < 4.78 is 0. The zero-order valence-corrected chi connectivity index (χ0v) is 16.4. The molecule has 0 aliphatic carbocycles. The van der Waals surface area contributed by atoms with E-state index >= 15 is 0 Å². The average molecular weight is 337 g/mol. The van der Waals surface area contributed by atoms with Crippen molar-refractivity contribution in [2.24, 2.45) is 0 Å². The van der Waals surface area contributed by atoms with E-state index in [1.54, 1.807) is 11.3 Å². The van der Waals surface area contributed by atoms with Crippen LogP contribution in [0.25, 0.3) is 0 Å². The first-order valence-electron chi connectivity index (χ1n) is 8.24. The maximum absolute atomic E-state index is 4.93. The Morgan fingerprint density at radius 3 is 2.05 bits per heavy atom. The van der Waals surface area contributed by atoms with Crippen LogP contribution in [0.15, 0.2) is 5.38 Å². The molecule has 2 aromatic rings. The van der Waals surface area contributed by atoms with Gasteiger partial charge < -0.3 is 0 Å². The second-order valence-corrected chi connectivity index (χ2v) is 9.04. The number of rotatable bonds is 6. The van der Waals surface area contributed by atoms with Crippen molar-refractivity contribution >= 4 is 22.7 Å². The standard InChI is InChI=1S/C18H28N2S2/c1-10(2)16-17(11(3)4)22-15(20-16)8-13(7)14-9-21-18(19-14)12(5)6/h9-13H,8H2,1-7H3. The number of hydrogen-bond donors (Lipinski definition) is 0. The summed E-state index contributed by atoms with van der Waals surface area (Å²) in [4.78, 5) is 11.2. The quantitative estimate of drug-likeness (QED) is 0.617. The van der Waals surface area contributed by atoms with Gasteiger partial charge in [0.25, 0.3) is 0 Å². The maximum Gasteiger partial charge on any atom is 0.0953 e. The summed E-state index contributed by atoms with van der Waals surface area (Å²) in [6.45, 7) is 15.7. The summed E-state index contributed by atoms with van der Waals surface area (Å²) in [6, 6.07) is 0. The average Bonchev–Trinajstić information content (AvgIpc) is 3.04. The fourth-order valence-electron chi connectivity index (χ4n) is 2.46. The summed E-state index contributed by atoms with van der Waals surface area (Å²) in [5.74, 6) is 2.02. The van der Waals surface area contributed by atoms with E-state index < -0.39 is 0 Å². The van der Waals surface area contributed by atoms with Gasteiger partial charge in [0.1, 0.15) is 0 Å². The molecule has 4 heteroatoms. The molecule has 0 aliphatic heterocycles. The Kier molecular flexibility index (Phi) is 5.78. The highest BCUT2D eigenvalue weighted by Crippen LogP contribution is 2.34. The van der Waals surface area contributed by atoms with Gasteiger partial charge in [0.15, 0.2) is 0 Å². The first-order valence-corrected chi connectivity index (χ1v) is 9.94. The molecule has 122 valence electrons. The minimum atomic E-state index is 0.440. The largest absolute Gasteiger partial charge is 0.246 e. The summed E-state index contributed by atoms with van der Waals surface area (Å²) in [7, 11) is 0. The van der Waals surface area contributed by atoms with Crippen LogP contribution in [0.1, 0.15) is 98.4 Å². The van der Waals surface area contributed by atoms with Crippen molar-refractivity contribution in [2.75, 3.05) is 0 Å². The van der Waals surface area contributed by atoms with Crippen LogP contribution in [0.2, 0.25) is 0 Å². The molecule has 2 aromatic heterocycles. The fourth-order valence-corrected chi connectivity index (χ4v) is 4.77. The van der Waals surface area contributed by atoms with Gasteiger partial charge in [-0.2, -0.15) is 0 Å². The fraction of sp³-hybridized carbons (Fsp3) is 0.667. The van der Waals surface area contributed by atoms with Crippen molar-refractivity contribution in [1.29, 1.82) is 0 Å². The molecular formula is C18H28N2S2. The number of aromatic nitrogens is 2. The molecule has 0 saturated heterocycles. The highest BCUT2D eigenvalue weighted by molar-refractivity contribution is 7.11. The highest BCUT2D eigenvalue weighted by Gasteiger charge is 2.19. The second-order valence-electron chi connectivity index (χ2n) is 7.04. The minimum absolute atomic E-state index is 0.440. The van der Waals surface area contributed by atoms with Crippen LogP contribution in [0.4, 0.5) is 0 Å². The summed E-state index contributed by atoms with van der Waals surface area (Å²) >= 11 is 3.68. The third-order valence-electron chi connectivity index (χ3n) is 3.82. The minimum Gasteiger partial charge on any atom is -0.246 e. The van der Waals surface area contributed by atoms with Gasteiger partial charge in [0, 0.05) is 28.5 Å². The molecule has 0 saturated carbocycles. The Morgan fingerprint density at radius 2 is 1.59 bits per heavy atom. The van der Waals surface area contributed by atoms with E-state index in [1.165, 1.54) is 26.3 Å². The molecular weight excluding hydrogens is 308 g/mol. The lowest BCUT2D eigenvalue weighted by molar-refractivity contribution is 0.711. The van der Waals surface area contributed by atoms with E-state index in [9.17, 15) is 0 Å². The van der Waals surface area contributed by atoms with Gasteiger partial charge in [-0.15, -0.1) is 22.7 Å². The van der Waals surface area contributed by atoms with Crippen molar-refractivity contribution in [3.8, 4) is 0 Å². The topological polar surface area (TPSA) is 25.8 Å². The normalized spacial score (nSPS) is 13.5. The lowest BCUT2D eigenvalue weighted by atomic mass is 10.0. The molecule has 0 fully saturated rings. The molecule has 0 amide bonds. The van der Waals surface area contributed by atoms with E-state index in [0.717, 1.165) is 6.42 Å². The van der Waals surface area contributed by atoms with Crippen LogP contribution in [0.3, 0.4) is 0 Å². The van der Waals surface area contributed by atoms with Crippen LogP contribution in [0, 0.1) is 0 Å². The number of nitrogens with zero attached hydrogens (tertiary/aromatic N) is 2. The molecule has 0 aliphatic rings. The Morgan fingerprint density at radius 1 is 0.909 bits per heavy atom. The second kappa shape index (κ2) is 7.22. The Balaban J connectivity index is 2.17. The molecule has 2 rings (SSSR count). The van der Waals surface area contributed by atoms with E-state index in [4.69, 9.17) is 9.97 Å². The van der Waals surface area contributed by atoms with Gasteiger partial charge in [0.05, 0.1) is 21.4 Å². The van der Waals surface area contributed by atoms with Crippen LogP contribution >= 0.6 is 22.7 Å². The van der Waals surface area contributed by atoms with E-state index in [0.29, 0.717) is 23.7 Å².